The van der Waals surface area contributed by atoms with Gasteiger partial charge in [-0.2, -0.15) is 0 Å². The molecule has 0 unspecified atom stereocenters. The Labute approximate surface area is 163 Å². The number of methoxy groups -OCH3 is 3. The molecule has 0 bridgehead atoms. The van der Waals surface area contributed by atoms with Gasteiger partial charge in [0.25, 0.3) is 0 Å². The Balaban J connectivity index is 2.15. The van der Waals surface area contributed by atoms with Crippen molar-refractivity contribution in [1.82, 2.24) is 0 Å². The molecule has 0 aromatic heterocycles. The molecule has 0 fully saturated rings. The van der Waals surface area contributed by atoms with Gasteiger partial charge >= 0.3 is 163 Å². The van der Waals surface area contributed by atoms with Crippen LogP contribution in [-0.2, 0) is 14.2 Å². The second kappa shape index (κ2) is 11.4. The summed E-state index contributed by atoms with van der Waals surface area (Å²) < 4.78 is 23.6. The Hall–Kier alpha value is -1.36. The van der Waals surface area contributed by atoms with Gasteiger partial charge in [-0.1, -0.05) is 0 Å². The van der Waals surface area contributed by atoms with E-state index in [9.17, 15) is 0 Å². The van der Waals surface area contributed by atoms with Crippen molar-refractivity contribution >= 4 is 19.4 Å². The minimum atomic E-state index is 0.0131. The van der Waals surface area contributed by atoms with E-state index in [2.05, 4.69) is 37.3 Å². The zero-order valence-electron chi connectivity index (χ0n) is 15.9. The van der Waals surface area contributed by atoms with Gasteiger partial charge < -0.3 is 0 Å². The van der Waals surface area contributed by atoms with Crippen LogP contribution in [0.4, 0.5) is 0 Å². The first-order valence-corrected chi connectivity index (χ1v) is 10.8. The van der Waals surface area contributed by atoms with Crippen LogP contribution < -0.4 is 9.20 Å². The van der Waals surface area contributed by atoms with Crippen molar-refractivity contribution < 1.29 is 18.9 Å². The quantitative estimate of drug-likeness (QED) is 0.406. The first-order chi connectivity index (χ1) is 12.7. The monoisotopic (exact) mass is 424 g/mol. The van der Waals surface area contributed by atoms with Crippen molar-refractivity contribution in [2.24, 2.45) is 0 Å². The third-order valence-electron chi connectivity index (χ3n) is 4.18. The third kappa shape index (κ3) is 5.57. The molecule has 0 heterocycles. The van der Waals surface area contributed by atoms with Gasteiger partial charge in [0.05, 0.1) is 0 Å². The average molecular weight is 423 g/mol. The van der Waals surface area contributed by atoms with Crippen LogP contribution >= 0.6 is 0 Å². The number of hydrogen-bond donors (Lipinski definition) is 0. The zero-order chi connectivity index (χ0) is 18.8. The van der Waals surface area contributed by atoms with Gasteiger partial charge in [0, 0.05) is 0 Å². The standard InChI is InChI=1S/C21H28O4Se/c1-5-18(25-15-22-2)17-11-7-9-13-21(17)26-14-20(24-4)16-10-6-8-12-19(16)23-3/h6-13,18,20H,5,14-15H2,1-4H3/t18-,20+/m0/s1. The molecule has 0 saturated heterocycles. The van der Waals surface area contributed by atoms with Crippen molar-refractivity contribution in [2.45, 2.75) is 30.9 Å². The normalized spacial score (nSPS) is 13.4. The number of rotatable bonds is 11. The van der Waals surface area contributed by atoms with Gasteiger partial charge in [-0.25, -0.2) is 0 Å². The van der Waals surface area contributed by atoms with E-state index in [-0.39, 0.29) is 27.2 Å². The van der Waals surface area contributed by atoms with Crippen LogP contribution in [0.2, 0.25) is 5.32 Å². The van der Waals surface area contributed by atoms with Crippen molar-refractivity contribution in [3.8, 4) is 5.75 Å². The van der Waals surface area contributed by atoms with E-state index in [4.69, 9.17) is 18.9 Å². The Morgan fingerprint density at radius 1 is 0.885 bits per heavy atom. The topological polar surface area (TPSA) is 36.9 Å². The summed E-state index contributed by atoms with van der Waals surface area (Å²) in [6, 6.07) is 16.6. The van der Waals surface area contributed by atoms with E-state index in [0.29, 0.717) is 6.79 Å². The fourth-order valence-corrected chi connectivity index (χ4v) is 5.33. The summed E-state index contributed by atoms with van der Waals surface area (Å²) in [5, 5.41) is 0.932. The van der Waals surface area contributed by atoms with Crippen LogP contribution in [0.5, 0.6) is 5.75 Å². The number of ether oxygens (including phenoxy) is 4. The van der Waals surface area contributed by atoms with E-state index in [0.717, 1.165) is 23.1 Å². The van der Waals surface area contributed by atoms with Crippen molar-refractivity contribution in [3.05, 3.63) is 59.7 Å². The van der Waals surface area contributed by atoms with Gasteiger partial charge in [0.15, 0.2) is 0 Å². The molecule has 0 aliphatic carbocycles. The maximum absolute atomic E-state index is 5.86. The molecular weight excluding hydrogens is 395 g/mol. The predicted octanol–water partition coefficient (Wildman–Crippen LogP) is 3.90. The molecular formula is C21H28O4Se. The van der Waals surface area contributed by atoms with Crippen LogP contribution in [0.25, 0.3) is 0 Å². The van der Waals surface area contributed by atoms with E-state index in [1.807, 2.05) is 18.2 Å². The van der Waals surface area contributed by atoms with Crippen LogP contribution in [0.15, 0.2) is 48.5 Å². The van der Waals surface area contributed by atoms with E-state index in [1.165, 1.54) is 10.0 Å². The molecule has 2 rings (SSSR count). The van der Waals surface area contributed by atoms with Gasteiger partial charge in [0.2, 0.25) is 0 Å². The summed E-state index contributed by atoms with van der Waals surface area (Å²) in [6.07, 6.45) is 0.982. The first kappa shape index (κ1) is 20.9. The zero-order valence-corrected chi connectivity index (χ0v) is 17.6. The molecule has 0 N–H and O–H groups in total. The molecule has 0 radical (unpaired) electrons. The fraction of sp³-hybridized carbons (Fsp3) is 0.429. The Morgan fingerprint density at radius 3 is 2.23 bits per heavy atom. The number of para-hydroxylation sites is 1. The Bertz CT molecular complexity index is 662. The van der Waals surface area contributed by atoms with Gasteiger partial charge in [-0.3, -0.25) is 0 Å². The third-order valence-corrected chi connectivity index (χ3v) is 6.60. The second-order valence-corrected chi connectivity index (χ2v) is 8.01. The molecule has 142 valence electrons. The summed E-state index contributed by atoms with van der Waals surface area (Å²) in [7, 11) is 5.11. The van der Waals surface area contributed by atoms with Crippen molar-refractivity contribution in [3.63, 3.8) is 0 Å². The molecule has 2 aromatic rings. The molecule has 0 amide bonds. The summed E-state index contributed by atoms with van der Waals surface area (Å²) in [5.74, 6) is 0.873. The molecule has 4 nitrogen and oxygen atoms in total. The van der Waals surface area contributed by atoms with Gasteiger partial charge in [-0.05, 0) is 0 Å². The van der Waals surface area contributed by atoms with Gasteiger partial charge in [-0.15, -0.1) is 0 Å². The van der Waals surface area contributed by atoms with Crippen LogP contribution in [-0.4, -0.2) is 43.1 Å². The second-order valence-electron chi connectivity index (χ2n) is 5.79. The molecule has 5 heteroatoms. The van der Waals surface area contributed by atoms with E-state index in [1.54, 1.807) is 21.3 Å². The average Bonchev–Trinajstić information content (AvgIpc) is 2.70. The van der Waals surface area contributed by atoms with Crippen LogP contribution in [0.3, 0.4) is 0 Å². The molecule has 0 spiro atoms. The summed E-state index contributed by atoms with van der Waals surface area (Å²) >= 11 is 0.252. The number of hydrogen-bond acceptors (Lipinski definition) is 4. The molecule has 26 heavy (non-hydrogen) atoms. The van der Waals surface area contributed by atoms with E-state index < -0.39 is 0 Å². The fourth-order valence-electron chi connectivity index (χ4n) is 2.84. The van der Waals surface area contributed by atoms with Crippen LogP contribution in [0, 0.1) is 0 Å². The Kier molecular flexibility index (Phi) is 9.16. The molecule has 0 aliphatic rings. The van der Waals surface area contributed by atoms with Crippen LogP contribution in [0.1, 0.15) is 36.7 Å². The molecule has 2 aromatic carbocycles. The Morgan fingerprint density at radius 2 is 1.58 bits per heavy atom. The van der Waals surface area contributed by atoms with Crippen molar-refractivity contribution in [2.75, 3.05) is 28.1 Å². The summed E-state index contributed by atoms with van der Waals surface area (Å²) in [5.41, 5.74) is 2.35. The maximum atomic E-state index is 5.86. The van der Waals surface area contributed by atoms with Gasteiger partial charge in [0.1, 0.15) is 0 Å². The van der Waals surface area contributed by atoms with E-state index >= 15 is 0 Å². The number of benzene rings is 2. The van der Waals surface area contributed by atoms with Crippen molar-refractivity contribution in [1.29, 1.82) is 0 Å². The SMILES string of the molecule is CC[C@H](OCOC)c1ccccc1[Se]C[C@@H](OC)c1ccccc1OC. The molecule has 0 aliphatic heterocycles. The molecule has 0 saturated carbocycles. The summed E-state index contributed by atoms with van der Waals surface area (Å²) in [6.45, 7) is 2.44. The minimum absolute atomic E-state index is 0.0131. The predicted molar refractivity (Wildman–Crippen MR) is 105 cm³/mol. The molecule has 2 atom stereocenters. The summed E-state index contributed by atoms with van der Waals surface area (Å²) in [4.78, 5) is 0. The first-order valence-electron chi connectivity index (χ1n) is 8.73.